The smallest absolute Gasteiger partial charge is 0.343 e. The van der Waals surface area contributed by atoms with Gasteiger partial charge in [0.15, 0.2) is 5.16 Å². The highest BCUT2D eigenvalue weighted by atomic mass is 32.2. The molecule has 0 bridgehead atoms. The fraction of sp³-hybridized carbons (Fsp3) is 0.400. The van der Waals surface area contributed by atoms with Crippen molar-refractivity contribution in [2.45, 2.75) is 18.5 Å². The Morgan fingerprint density at radius 2 is 2.22 bits per heavy atom. The summed E-state index contributed by atoms with van der Waals surface area (Å²) < 4.78 is 4.79. The Labute approximate surface area is 108 Å². The number of carbonyl (C=O) groups excluding carboxylic acids is 2. The van der Waals surface area contributed by atoms with Crippen LogP contribution in [0.2, 0.25) is 0 Å². The Hall–Kier alpha value is -1.83. The Balaban J connectivity index is 2.67. The zero-order valence-corrected chi connectivity index (χ0v) is 10.7. The van der Waals surface area contributed by atoms with Crippen LogP contribution in [0.15, 0.2) is 11.4 Å². The number of primary amides is 1. The van der Waals surface area contributed by atoms with E-state index in [1.54, 1.807) is 6.92 Å². The van der Waals surface area contributed by atoms with E-state index in [2.05, 4.69) is 9.97 Å². The Morgan fingerprint density at radius 3 is 2.78 bits per heavy atom. The van der Waals surface area contributed by atoms with Gasteiger partial charge in [-0.2, -0.15) is 0 Å². The number of hydrogen-bond donors (Lipinski definition) is 2. The zero-order chi connectivity index (χ0) is 13.5. The maximum absolute atomic E-state index is 11.4. The Bertz CT molecular complexity index is 453. The fourth-order valence-electron chi connectivity index (χ4n) is 1.06. The molecule has 0 unspecified atom stereocenters. The molecular formula is C10H14N4O3S. The van der Waals surface area contributed by atoms with Gasteiger partial charge in [-0.05, 0) is 6.92 Å². The van der Waals surface area contributed by atoms with Gasteiger partial charge in [0, 0.05) is 18.4 Å². The summed E-state index contributed by atoms with van der Waals surface area (Å²) in [5, 5.41) is 0.391. The van der Waals surface area contributed by atoms with Gasteiger partial charge in [-0.3, -0.25) is 4.79 Å². The number of carbonyl (C=O) groups is 2. The van der Waals surface area contributed by atoms with Crippen molar-refractivity contribution in [2.75, 3.05) is 18.1 Å². The van der Waals surface area contributed by atoms with Crippen LogP contribution >= 0.6 is 11.8 Å². The van der Waals surface area contributed by atoms with Gasteiger partial charge in [0.05, 0.1) is 6.61 Å². The van der Waals surface area contributed by atoms with Crippen LogP contribution in [0.5, 0.6) is 0 Å². The first-order valence-corrected chi connectivity index (χ1v) is 6.24. The van der Waals surface area contributed by atoms with Crippen molar-refractivity contribution in [3.8, 4) is 0 Å². The summed E-state index contributed by atoms with van der Waals surface area (Å²) >= 11 is 1.24. The van der Waals surface area contributed by atoms with E-state index in [4.69, 9.17) is 16.2 Å². The number of nitrogens with zero attached hydrogens (tertiary/aromatic N) is 2. The average molecular weight is 270 g/mol. The minimum absolute atomic E-state index is 0.0602. The molecule has 1 rings (SSSR count). The molecule has 0 saturated carbocycles. The second-order valence-electron chi connectivity index (χ2n) is 3.24. The van der Waals surface area contributed by atoms with Crippen LogP contribution in [0, 0.1) is 0 Å². The highest BCUT2D eigenvalue weighted by molar-refractivity contribution is 7.99. The third-order valence-corrected chi connectivity index (χ3v) is 2.73. The number of nitrogen functional groups attached to an aromatic ring is 1. The predicted molar refractivity (Wildman–Crippen MR) is 66.9 cm³/mol. The lowest BCUT2D eigenvalue weighted by molar-refractivity contribution is -0.117. The number of nitrogens with two attached hydrogens (primary N) is 2. The summed E-state index contributed by atoms with van der Waals surface area (Å²) in [6.45, 7) is 1.95. The molecule has 0 aromatic carbocycles. The van der Waals surface area contributed by atoms with Gasteiger partial charge in [0.25, 0.3) is 0 Å². The molecule has 18 heavy (non-hydrogen) atoms. The molecule has 0 spiro atoms. The first-order chi connectivity index (χ1) is 8.54. The van der Waals surface area contributed by atoms with Crippen LogP contribution in [0.25, 0.3) is 0 Å². The summed E-state index contributed by atoms with van der Waals surface area (Å²) in [5.74, 6) is -0.416. The molecule has 0 atom stereocenters. The third kappa shape index (κ3) is 4.21. The summed E-state index contributed by atoms with van der Waals surface area (Å²) in [5.41, 5.74) is 10.8. The van der Waals surface area contributed by atoms with Crippen molar-refractivity contribution >= 4 is 29.5 Å². The van der Waals surface area contributed by atoms with Gasteiger partial charge >= 0.3 is 5.97 Å². The lowest BCUT2D eigenvalue weighted by atomic mass is 10.3. The van der Waals surface area contributed by atoms with E-state index in [1.807, 2.05) is 0 Å². The van der Waals surface area contributed by atoms with E-state index in [1.165, 1.54) is 18.0 Å². The monoisotopic (exact) mass is 270 g/mol. The molecule has 0 fully saturated rings. The summed E-state index contributed by atoms with van der Waals surface area (Å²) in [6, 6.07) is 0. The Kier molecular flexibility index (Phi) is 5.37. The minimum Gasteiger partial charge on any atom is -0.462 e. The number of rotatable bonds is 6. The van der Waals surface area contributed by atoms with Gasteiger partial charge < -0.3 is 16.2 Å². The largest absolute Gasteiger partial charge is 0.462 e. The summed E-state index contributed by atoms with van der Waals surface area (Å²) in [7, 11) is 0. The lowest BCUT2D eigenvalue weighted by Crippen LogP contribution is -2.12. The standard InChI is InChI=1S/C10H14N4O3S/c1-2-17-9(16)6-5-13-10(14-8(6)12)18-4-3-7(11)15/h5H,2-4H2,1H3,(H2,11,15)(H2,12,13,14). The third-order valence-electron chi connectivity index (χ3n) is 1.87. The molecule has 7 nitrogen and oxygen atoms in total. The van der Waals surface area contributed by atoms with E-state index >= 15 is 0 Å². The number of amides is 1. The zero-order valence-electron chi connectivity index (χ0n) is 9.88. The molecule has 0 aliphatic heterocycles. The van der Waals surface area contributed by atoms with Crippen LogP contribution in [-0.2, 0) is 9.53 Å². The van der Waals surface area contributed by atoms with Crippen molar-refractivity contribution in [3.05, 3.63) is 11.8 Å². The van der Waals surface area contributed by atoms with E-state index in [0.717, 1.165) is 0 Å². The normalized spacial score (nSPS) is 10.1. The predicted octanol–water partition coefficient (Wildman–Crippen LogP) is 0.203. The maximum atomic E-state index is 11.4. The maximum Gasteiger partial charge on any atom is 0.343 e. The summed E-state index contributed by atoms with van der Waals surface area (Å²) in [4.78, 5) is 29.9. The van der Waals surface area contributed by atoms with Crippen molar-refractivity contribution < 1.29 is 14.3 Å². The number of hydrogen-bond acceptors (Lipinski definition) is 7. The molecule has 4 N–H and O–H groups in total. The molecule has 0 saturated heterocycles. The molecule has 1 aromatic heterocycles. The van der Waals surface area contributed by atoms with E-state index in [9.17, 15) is 9.59 Å². The van der Waals surface area contributed by atoms with Gasteiger partial charge in [-0.15, -0.1) is 0 Å². The molecule has 98 valence electrons. The number of aromatic nitrogens is 2. The topological polar surface area (TPSA) is 121 Å². The molecule has 0 aliphatic carbocycles. The van der Waals surface area contributed by atoms with Crippen molar-refractivity contribution in [3.63, 3.8) is 0 Å². The molecule has 0 radical (unpaired) electrons. The highest BCUT2D eigenvalue weighted by Crippen LogP contribution is 2.17. The molecular weight excluding hydrogens is 256 g/mol. The average Bonchev–Trinajstić information content (AvgIpc) is 2.28. The van der Waals surface area contributed by atoms with E-state index in [0.29, 0.717) is 10.9 Å². The van der Waals surface area contributed by atoms with Crippen LogP contribution in [0.3, 0.4) is 0 Å². The van der Waals surface area contributed by atoms with Crippen molar-refractivity contribution in [1.29, 1.82) is 0 Å². The SMILES string of the molecule is CCOC(=O)c1cnc(SCCC(N)=O)nc1N. The van der Waals surface area contributed by atoms with Gasteiger partial charge in [0.2, 0.25) is 5.91 Å². The van der Waals surface area contributed by atoms with Crippen LogP contribution in [-0.4, -0.2) is 34.2 Å². The highest BCUT2D eigenvalue weighted by Gasteiger charge is 2.13. The van der Waals surface area contributed by atoms with E-state index in [-0.39, 0.29) is 24.4 Å². The Morgan fingerprint density at radius 1 is 1.50 bits per heavy atom. The molecule has 1 heterocycles. The lowest BCUT2D eigenvalue weighted by Gasteiger charge is -2.05. The van der Waals surface area contributed by atoms with E-state index < -0.39 is 11.9 Å². The van der Waals surface area contributed by atoms with Gasteiger partial charge in [-0.25, -0.2) is 14.8 Å². The van der Waals surface area contributed by atoms with Crippen molar-refractivity contribution in [2.24, 2.45) is 5.73 Å². The second kappa shape index (κ2) is 6.80. The first kappa shape index (κ1) is 14.2. The number of anilines is 1. The van der Waals surface area contributed by atoms with Crippen molar-refractivity contribution in [1.82, 2.24) is 9.97 Å². The molecule has 0 aliphatic rings. The molecule has 1 amide bonds. The van der Waals surface area contributed by atoms with Gasteiger partial charge in [-0.1, -0.05) is 11.8 Å². The van der Waals surface area contributed by atoms with Gasteiger partial charge in [0.1, 0.15) is 11.4 Å². The van der Waals surface area contributed by atoms with Crippen LogP contribution in [0.4, 0.5) is 5.82 Å². The van der Waals surface area contributed by atoms with Crippen LogP contribution in [0.1, 0.15) is 23.7 Å². The minimum atomic E-state index is -0.552. The molecule has 8 heteroatoms. The number of ether oxygens (including phenoxy) is 1. The number of esters is 1. The first-order valence-electron chi connectivity index (χ1n) is 5.25. The summed E-state index contributed by atoms with van der Waals surface area (Å²) in [6.07, 6.45) is 1.54. The van der Waals surface area contributed by atoms with Crippen LogP contribution < -0.4 is 11.5 Å². The fourth-order valence-corrected chi connectivity index (χ4v) is 1.83. The number of thioether (sulfide) groups is 1. The second-order valence-corrected chi connectivity index (χ2v) is 4.30. The molecule has 1 aromatic rings. The quantitative estimate of drug-likeness (QED) is 0.430.